The van der Waals surface area contributed by atoms with Crippen LogP contribution in [0.1, 0.15) is 53.4 Å². The van der Waals surface area contributed by atoms with Crippen LogP contribution in [0, 0.1) is 29.1 Å². The van der Waals surface area contributed by atoms with E-state index in [1.165, 1.54) is 0 Å². The summed E-state index contributed by atoms with van der Waals surface area (Å²) in [5, 5.41) is 0. The van der Waals surface area contributed by atoms with E-state index in [0.29, 0.717) is 36.2 Å². The van der Waals surface area contributed by atoms with E-state index in [4.69, 9.17) is 0 Å². The van der Waals surface area contributed by atoms with Crippen LogP contribution in [-0.2, 0) is 9.59 Å². The van der Waals surface area contributed by atoms with Gasteiger partial charge in [0.25, 0.3) is 0 Å². The fourth-order valence-electron chi connectivity index (χ4n) is 4.21. The summed E-state index contributed by atoms with van der Waals surface area (Å²) < 4.78 is 0. The summed E-state index contributed by atoms with van der Waals surface area (Å²) in [6.45, 7) is 8.46. The van der Waals surface area contributed by atoms with Crippen LogP contribution in [0.15, 0.2) is 0 Å². The van der Waals surface area contributed by atoms with Crippen LogP contribution in [0.2, 0.25) is 0 Å². The normalized spacial score (nSPS) is 42.8. The van der Waals surface area contributed by atoms with Crippen molar-refractivity contribution < 1.29 is 9.59 Å². The van der Waals surface area contributed by atoms with Gasteiger partial charge in [-0.2, -0.15) is 0 Å². The fraction of sp³-hybridized carbons (Fsp3) is 0.867. The molecule has 0 saturated heterocycles. The second-order valence-corrected chi connectivity index (χ2v) is 6.61. The summed E-state index contributed by atoms with van der Waals surface area (Å²) in [4.78, 5) is 24.2. The molecule has 0 unspecified atom stereocenters. The summed E-state index contributed by atoms with van der Waals surface area (Å²) >= 11 is 0. The zero-order chi connectivity index (χ0) is 12.8. The molecule has 2 heteroatoms. The van der Waals surface area contributed by atoms with E-state index in [9.17, 15) is 9.59 Å². The van der Waals surface area contributed by atoms with Gasteiger partial charge in [-0.25, -0.2) is 0 Å². The average Bonchev–Trinajstić information content (AvgIpc) is 2.45. The summed E-state index contributed by atoms with van der Waals surface area (Å²) in [5.74, 6) is 1.86. The summed E-state index contributed by atoms with van der Waals surface area (Å²) in [5.41, 5.74) is -0.00512. The van der Waals surface area contributed by atoms with E-state index in [1.54, 1.807) is 0 Å². The van der Waals surface area contributed by atoms with Crippen molar-refractivity contribution in [2.45, 2.75) is 53.4 Å². The van der Waals surface area contributed by atoms with Gasteiger partial charge in [-0.3, -0.25) is 9.59 Å². The number of carbonyl (C=O) groups excluding carboxylic acids is 2. The standard InChI is InChI=1S/C15H24O2/c1-9(2)14-12(16)7-11(4)15(14)6-5-10(3)13(17)8-15/h9-11,14H,5-8H2,1-4H3/t10-,11-,14+,15-/m0/s1. The minimum Gasteiger partial charge on any atom is -0.299 e. The van der Waals surface area contributed by atoms with Gasteiger partial charge in [0.15, 0.2) is 0 Å². The van der Waals surface area contributed by atoms with Gasteiger partial charge in [0.1, 0.15) is 11.6 Å². The van der Waals surface area contributed by atoms with Gasteiger partial charge >= 0.3 is 0 Å². The predicted molar refractivity (Wildman–Crippen MR) is 67.6 cm³/mol. The van der Waals surface area contributed by atoms with Crippen LogP contribution in [0.5, 0.6) is 0 Å². The van der Waals surface area contributed by atoms with Crippen molar-refractivity contribution in [1.29, 1.82) is 0 Å². The topological polar surface area (TPSA) is 34.1 Å². The van der Waals surface area contributed by atoms with Crippen molar-refractivity contribution in [3.63, 3.8) is 0 Å². The zero-order valence-corrected chi connectivity index (χ0v) is 11.5. The molecule has 1 spiro atoms. The Kier molecular flexibility index (Phi) is 3.17. The quantitative estimate of drug-likeness (QED) is 0.700. The van der Waals surface area contributed by atoms with Gasteiger partial charge in [-0.1, -0.05) is 27.7 Å². The molecule has 0 N–H and O–H groups in total. The molecular weight excluding hydrogens is 212 g/mol. The Morgan fingerprint density at radius 3 is 2.35 bits per heavy atom. The Bertz CT molecular complexity index is 345. The lowest BCUT2D eigenvalue weighted by atomic mass is 9.59. The third-order valence-corrected chi connectivity index (χ3v) is 5.22. The number of Topliss-reactive ketones (excluding diaryl/α,β-unsaturated/α-hetero) is 2. The maximum Gasteiger partial charge on any atom is 0.137 e. The predicted octanol–water partition coefficient (Wildman–Crippen LogP) is 3.24. The van der Waals surface area contributed by atoms with E-state index >= 15 is 0 Å². The highest BCUT2D eigenvalue weighted by Crippen LogP contribution is 2.56. The molecule has 2 aliphatic carbocycles. The van der Waals surface area contributed by atoms with Crippen molar-refractivity contribution in [1.82, 2.24) is 0 Å². The molecule has 2 saturated carbocycles. The van der Waals surface area contributed by atoms with Gasteiger partial charge in [-0.15, -0.1) is 0 Å². The molecule has 2 aliphatic rings. The molecule has 0 aromatic heterocycles. The van der Waals surface area contributed by atoms with Crippen molar-refractivity contribution >= 4 is 11.6 Å². The second-order valence-electron chi connectivity index (χ2n) is 6.61. The first-order valence-electron chi connectivity index (χ1n) is 6.94. The van der Waals surface area contributed by atoms with Crippen molar-refractivity contribution in [3.8, 4) is 0 Å². The van der Waals surface area contributed by atoms with E-state index < -0.39 is 0 Å². The molecule has 0 aromatic carbocycles. The summed E-state index contributed by atoms with van der Waals surface area (Å²) in [6.07, 6.45) is 3.36. The van der Waals surface area contributed by atoms with Crippen molar-refractivity contribution in [2.75, 3.05) is 0 Å². The highest BCUT2D eigenvalue weighted by atomic mass is 16.1. The highest BCUT2D eigenvalue weighted by Gasteiger charge is 2.55. The summed E-state index contributed by atoms with van der Waals surface area (Å²) in [6, 6.07) is 0. The molecule has 0 amide bonds. The monoisotopic (exact) mass is 236 g/mol. The molecular formula is C15H24O2. The Balaban J connectivity index is 2.33. The SMILES string of the molecule is CC(C)[C@@H]1C(=O)C[C@H](C)[C@@]12CC[C@H](C)C(=O)C2. The number of hydrogen-bond donors (Lipinski definition) is 0. The first-order chi connectivity index (χ1) is 7.88. The second kappa shape index (κ2) is 4.22. The lowest BCUT2D eigenvalue weighted by molar-refractivity contribution is -0.133. The maximum atomic E-state index is 12.2. The molecule has 2 fully saturated rings. The van der Waals surface area contributed by atoms with Gasteiger partial charge < -0.3 is 0 Å². The van der Waals surface area contributed by atoms with Gasteiger partial charge in [-0.05, 0) is 30.1 Å². The number of rotatable bonds is 1. The zero-order valence-electron chi connectivity index (χ0n) is 11.5. The largest absolute Gasteiger partial charge is 0.299 e. The summed E-state index contributed by atoms with van der Waals surface area (Å²) in [7, 11) is 0. The first-order valence-corrected chi connectivity index (χ1v) is 6.94. The van der Waals surface area contributed by atoms with E-state index in [-0.39, 0.29) is 17.3 Å². The van der Waals surface area contributed by atoms with Gasteiger partial charge in [0.05, 0.1) is 0 Å². The molecule has 2 nitrogen and oxygen atoms in total. The Morgan fingerprint density at radius 2 is 1.82 bits per heavy atom. The van der Waals surface area contributed by atoms with Crippen LogP contribution >= 0.6 is 0 Å². The van der Waals surface area contributed by atoms with Gasteiger partial charge in [0.2, 0.25) is 0 Å². The van der Waals surface area contributed by atoms with Crippen LogP contribution in [0.3, 0.4) is 0 Å². The molecule has 0 heterocycles. The smallest absolute Gasteiger partial charge is 0.137 e. The molecule has 0 aliphatic heterocycles. The Morgan fingerprint density at radius 1 is 1.18 bits per heavy atom. The minimum atomic E-state index is -0.00512. The molecule has 96 valence electrons. The maximum absolute atomic E-state index is 12.2. The third kappa shape index (κ3) is 1.86. The lowest BCUT2D eigenvalue weighted by Gasteiger charge is -2.44. The molecule has 17 heavy (non-hydrogen) atoms. The van der Waals surface area contributed by atoms with E-state index in [2.05, 4.69) is 20.8 Å². The van der Waals surface area contributed by atoms with Crippen LogP contribution in [-0.4, -0.2) is 11.6 Å². The van der Waals surface area contributed by atoms with Crippen LogP contribution < -0.4 is 0 Å². The average molecular weight is 236 g/mol. The number of hydrogen-bond acceptors (Lipinski definition) is 2. The Hall–Kier alpha value is -0.660. The van der Waals surface area contributed by atoms with Crippen molar-refractivity contribution in [2.24, 2.45) is 29.1 Å². The Labute approximate surface area is 104 Å². The molecule has 4 atom stereocenters. The van der Waals surface area contributed by atoms with Crippen LogP contribution in [0.25, 0.3) is 0 Å². The number of carbonyl (C=O) groups is 2. The van der Waals surface area contributed by atoms with Crippen LogP contribution in [0.4, 0.5) is 0 Å². The minimum absolute atomic E-state index is 0.00512. The molecule has 2 rings (SSSR count). The number of ketones is 2. The highest BCUT2D eigenvalue weighted by molar-refractivity contribution is 5.88. The van der Waals surface area contributed by atoms with Gasteiger partial charge in [0, 0.05) is 24.7 Å². The molecule has 0 radical (unpaired) electrons. The molecule has 0 aromatic rings. The lowest BCUT2D eigenvalue weighted by Crippen LogP contribution is -2.42. The van der Waals surface area contributed by atoms with E-state index in [0.717, 1.165) is 12.8 Å². The first kappa shape index (κ1) is 12.8. The molecule has 0 bridgehead atoms. The fourth-order valence-corrected chi connectivity index (χ4v) is 4.21. The van der Waals surface area contributed by atoms with E-state index in [1.807, 2.05) is 6.92 Å². The van der Waals surface area contributed by atoms with Crippen molar-refractivity contribution in [3.05, 3.63) is 0 Å². The third-order valence-electron chi connectivity index (χ3n) is 5.22.